The van der Waals surface area contributed by atoms with E-state index in [-0.39, 0.29) is 24.2 Å². The Morgan fingerprint density at radius 2 is 1.97 bits per heavy atom. The lowest BCUT2D eigenvalue weighted by atomic mass is 10.1. The van der Waals surface area contributed by atoms with Crippen LogP contribution in [-0.4, -0.2) is 76.8 Å². The molecule has 4 heterocycles. The molecule has 1 amide bonds. The molecule has 202 valence electrons. The van der Waals surface area contributed by atoms with Crippen LogP contribution in [0.4, 0.5) is 5.82 Å². The minimum Gasteiger partial charge on any atom is -0.369 e. The SMILES string of the molecule is CCN(CC)C(C)CNC(=O)c1cc(NCCS(N)(=O)=O)nc(-c2cnn3ccc(-c4cccs4)nc23)c1. The second-order valence-corrected chi connectivity index (χ2v) is 11.5. The number of nitrogens with two attached hydrogens (primary N) is 1. The average molecular weight is 557 g/mol. The zero-order valence-electron chi connectivity index (χ0n) is 21.6. The van der Waals surface area contributed by atoms with Gasteiger partial charge in [0.25, 0.3) is 5.91 Å². The van der Waals surface area contributed by atoms with Gasteiger partial charge in [-0.2, -0.15) is 5.10 Å². The van der Waals surface area contributed by atoms with Crippen LogP contribution in [0.15, 0.2) is 48.1 Å². The molecule has 1 atom stereocenters. The standard InChI is InChI=1S/C25H32N8O3S2/c1-4-32(5-2)17(3)15-28-25(34)18-13-21(30-23(14-18)27-9-12-38(26,35)36)19-16-29-33-10-8-20(31-24(19)33)22-7-6-11-37-22/h6-8,10-11,13-14,16-17H,4-5,9,12,15H2,1-3H3,(H,27,30)(H,28,34)(H2,26,35,36). The second-order valence-electron chi connectivity index (χ2n) is 8.82. The average Bonchev–Trinajstić information content (AvgIpc) is 3.57. The van der Waals surface area contributed by atoms with E-state index in [2.05, 4.69) is 46.4 Å². The molecule has 4 aromatic rings. The van der Waals surface area contributed by atoms with Gasteiger partial charge in [0.05, 0.1) is 33.8 Å². The van der Waals surface area contributed by atoms with Crippen LogP contribution in [0.3, 0.4) is 0 Å². The number of pyridine rings is 1. The molecule has 0 radical (unpaired) electrons. The van der Waals surface area contributed by atoms with Gasteiger partial charge in [-0.25, -0.2) is 28.0 Å². The summed E-state index contributed by atoms with van der Waals surface area (Å²) in [7, 11) is -3.66. The van der Waals surface area contributed by atoms with Crippen LogP contribution >= 0.6 is 11.3 Å². The number of thiophene rings is 1. The largest absolute Gasteiger partial charge is 0.369 e. The molecule has 0 aliphatic heterocycles. The van der Waals surface area contributed by atoms with Crippen LogP contribution in [0.2, 0.25) is 0 Å². The molecule has 0 aliphatic carbocycles. The summed E-state index contributed by atoms with van der Waals surface area (Å²) < 4.78 is 24.5. The predicted octanol–water partition coefficient (Wildman–Crippen LogP) is 2.68. The molecule has 0 saturated carbocycles. The molecule has 4 aromatic heterocycles. The number of hydrogen-bond acceptors (Lipinski definition) is 9. The van der Waals surface area contributed by atoms with E-state index in [0.29, 0.717) is 34.8 Å². The van der Waals surface area contributed by atoms with Crippen LogP contribution in [0, 0.1) is 0 Å². The molecule has 4 N–H and O–H groups in total. The molecule has 0 bridgehead atoms. The zero-order chi connectivity index (χ0) is 27.3. The molecule has 4 rings (SSSR count). The Morgan fingerprint density at radius 1 is 1.18 bits per heavy atom. The lowest BCUT2D eigenvalue weighted by Gasteiger charge is -2.26. The number of amides is 1. The highest BCUT2D eigenvalue weighted by Gasteiger charge is 2.18. The summed E-state index contributed by atoms with van der Waals surface area (Å²) in [4.78, 5) is 25.9. The summed E-state index contributed by atoms with van der Waals surface area (Å²) in [6, 6.07) is 9.31. The van der Waals surface area contributed by atoms with E-state index in [9.17, 15) is 13.2 Å². The predicted molar refractivity (Wildman–Crippen MR) is 151 cm³/mol. The summed E-state index contributed by atoms with van der Waals surface area (Å²) in [5.74, 6) is -0.183. The van der Waals surface area contributed by atoms with Gasteiger partial charge < -0.3 is 10.6 Å². The fourth-order valence-electron chi connectivity index (χ4n) is 4.14. The summed E-state index contributed by atoms with van der Waals surface area (Å²) in [5.41, 5.74) is 2.91. The van der Waals surface area contributed by atoms with E-state index < -0.39 is 10.0 Å². The number of anilines is 1. The van der Waals surface area contributed by atoms with Crippen molar-refractivity contribution in [3.8, 4) is 21.8 Å². The smallest absolute Gasteiger partial charge is 0.251 e. The Bertz CT molecular complexity index is 1500. The third kappa shape index (κ3) is 6.72. The Kier molecular flexibility index (Phi) is 8.72. The van der Waals surface area contributed by atoms with Crippen molar-refractivity contribution in [1.29, 1.82) is 0 Å². The first-order valence-corrected chi connectivity index (χ1v) is 14.9. The highest BCUT2D eigenvalue weighted by molar-refractivity contribution is 7.89. The molecule has 0 saturated heterocycles. The molecule has 0 aromatic carbocycles. The maximum Gasteiger partial charge on any atom is 0.251 e. The van der Waals surface area contributed by atoms with Gasteiger partial charge in [0.1, 0.15) is 5.82 Å². The summed E-state index contributed by atoms with van der Waals surface area (Å²) >= 11 is 1.59. The number of carbonyl (C=O) groups is 1. The lowest BCUT2D eigenvalue weighted by Crippen LogP contribution is -2.42. The van der Waals surface area contributed by atoms with Crippen LogP contribution in [0.25, 0.3) is 27.5 Å². The topological polar surface area (TPSA) is 148 Å². The van der Waals surface area contributed by atoms with Gasteiger partial charge in [-0.1, -0.05) is 19.9 Å². The number of nitrogens with one attached hydrogen (secondary N) is 2. The fraction of sp³-hybridized carbons (Fsp3) is 0.360. The number of hydrogen-bond donors (Lipinski definition) is 3. The van der Waals surface area contributed by atoms with Crippen molar-refractivity contribution in [2.75, 3.05) is 37.2 Å². The highest BCUT2D eigenvalue weighted by atomic mass is 32.2. The maximum atomic E-state index is 13.2. The molecule has 1 unspecified atom stereocenters. The molecule has 38 heavy (non-hydrogen) atoms. The van der Waals surface area contributed by atoms with Crippen LogP contribution < -0.4 is 15.8 Å². The number of aromatic nitrogens is 4. The van der Waals surface area contributed by atoms with Crippen LogP contribution in [0.1, 0.15) is 31.1 Å². The van der Waals surface area contributed by atoms with Crippen molar-refractivity contribution in [3.05, 3.63) is 53.7 Å². The van der Waals surface area contributed by atoms with Gasteiger partial charge in [0.15, 0.2) is 5.65 Å². The van der Waals surface area contributed by atoms with E-state index in [1.165, 1.54) is 0 Å². The first-order valence-electron chi connectivity index (χ1n) is 12.4. The molecule has 13 heteroatoms. The maximum absolute atomic E-state index is 13.2. The van der Waals surface area contributed by atoms with Crippen molar-refractivity contribution in [2.24, 2.45) is 5.14 Å². The van der Waals surface area contributed by atoms with Crippen molar-refractivity contribution in [1.82, 2.24) is 29.8 Å². The number of nitrogens with zero attached hydrogens (tertiary/aromatic N) is 5. The van der Waals surface area contributed by atoms with E-state index in [1.807, 2.05) is 29.8 Å². The molecule has 0 spiro atoms. The van der Waals surface area contributed by atoms with E-state index >= 15 is 0 Å². The molecule has 0 fully saturated rings. The molecular weight excluding hydrogens is 524 g/mol. The number of sulfonamides is 1. The summed E-state index contributed by atoms with van der Waals surface area (Å²) in [6.07, 6.45) is 3.48. The summed E-state index contributed by atoms with van der Waals surface area (Å²) in [5, 5.41) is 17.5. The Hall–Kier alpha value is -3.39. The number of primary sulfonamides is 1. The Morgan fingerprint density at radius 3 is 2.66 bits per heavy atom. The normalized spacial score (nSPS) is 12.7. The quantitative estimate of drug-likeness (QED) is 0.241. The minimum absolute atomic E-state index is 0.0465. The van der Waals surface area contributed by atoms with Crippen molar-refractivity contribution in [3.63, 3.8) is 0 Å². The van der Waals surface area contributed by atoms with Crippen molar-refractivity contribution >= 4 is 38.7 Å². The third-order valence-electron chi connectivity index (χ3n) is 6.19. The number of rotatable bonds is 12. The van der Waals surface area contributed by atoms with Crippen molar-refractivity contribution in [2.45, 2.75) is 26.8 Å². The van der Waals surface area contributed by atoms with Gasteiger partial charge in [0.2, 0.25) is 10.0 Å². The first-order chi connectivity index (χ1) is 18.2. The first kappa shape index (κ1) is 27.6. The van der Waals surface area contributed by atoms with Gasteiger partial charge in [-0.05, 0) is 49.7 Å². The van der Waals surface area contributed by atoms with Gasteiger partial charge >= 0.3 is 0 Å². The van der Waals surface area contributed by atoms with E-state index in [4.69, 9.17) is 10.1 Å². The Labute approximate surface area is 226 Å². The lowest BCUT2D eigenvalue weighted by molar-refractivity contribution is 0.0938. The van der Waals surface area contributed by atoms with E-state index in [0.717, 1.165) is 23.7 Å². The van der Waals surface area contributed by atoms with E-state index in [1.54, 1.807) is 34.2 Å². The third-order valence-corrected chi connectivity index (χ3v) is 7.86. The minimum atomic E-state index is -3.66. The van der Waals surface area contributed by atoms with Crippen molar-refractivity contribution < 1.29 is 13.2 Å². The monoisotopic (exact) mass is 556 g/mol. The van der Waals surface area contributed by atoms with Crippen LogP contribution in [0.5, 0.6) is 0 Å². The molecule has 11 nitrogen and oxygen atoms in total. The summed E-state index contributed by atoms with van der Waals surface area (Å²) in [6.45, 7) is 8.55. The van der Waals surface area contributed by atoms with Gasteiger partial charge in [0, 0.05) is 30.9 Å². The Balaban J connectivity index is 1.68. The fourth-order valence-corrected chi connectivity index (χ4v) is 5.22. The second kappa shape index (κ2) is 12.0. The van der Waals surface area contributed by atoms with Crippen LogP contribution in [-0.2, 0) is 10.0 Å². The number of fused-ring (bicyclic) bond motifs is 1. The number of carbonyl (C=O) groups excluding carboxylic acids is 1. The zero-order valence-corrected chi connectivity index (χ0v) is 23.2. The molecular formula is C25H32N8O3S2. The number of likely N-dealkylation sites (N-methyl/N-ethyl adjacent to an activating group) is 1. The molecule has 0 aliphatic rings. The highest BCUT2D eigenvalue weighted by Crippen LogP contribution is 2.28. The van der Waals surface area contributed by atoms with Gasteiger partial charge in [-0.15, -0.1) is 11.3 Å². The van der Waals surface area contributed by atoms with Gasteiger partial charge in [-0.3, -0.25) is 9.69 Å².